The number of rotatable bonds is 4. The van der Waals surface area contributed by atoms with Gasteiger partial charge in [0.25, 0.3) is 0 Å². The van der Waals surface area contributed by atoms with E-state index in [1.807, 2.05) is 12.1 Å². The number of benzene rings is 2. The van der Waals surface area contributed by atoms with E-state index in [0.29, 0.717) is 10.5 Å². The zero-order chi connectivity index (χ0) is 14.9. The predicted molar refractivity (Wildman–Crippen MR) is 79.2 cm³/mol. The van der Waals surface area contributed by atoms with E-state index in [1.54, 1.807) is 37.3 Å². The Morgan fingerprint density at radius 2 is 2.00 bits per heavy atom. The van der Waals surface area contributed by atoms with Gasteiger partial charge in [-0.3, -0.25) is 0 Å². The summed E-state index contributed by atoms with van der Waals surface area (Å²) in [4.78, 5) is 4.32. The predicted octanol–water partition coefficient (Wildman–Crippen LogP) is 2.61. The molecule has 0 aliphatic rings. The van der Waals surface area contributed by atoms with Gasteiger partial charge in [-0.1, -0.05) is 24.3 Å². The number of fused-ring (bicyclic) bond motifs is 1. The van der Waals surface area contributed by atoms with Crippen LogP contribution in [0.4, 0.5) is 0 Å². The minimum absolute atomic E-state index is 0.202. The number of nitrogens with one attached hydrogen (secondary N) is 1. The second kappa shape index (κ2) is 5.31. The maximum Gasteiger partial charge on any atom is 0.241 e. The van der Waals surface area contributed by atoms with Crippen molar-refractivity contribution in [3.63, 3.8) is 0 Å². The Bertz CT molecular complexity index is 885. The van der Waals surface area contributed by atoms with Crippen LogP contribution in [0.1, 0.15) is 11.1 Å². The number of aromatic nitrogens is 1. The van der Waals surface area contributed by atoms with E-state index >= 15 is 0 Å². The Kier molecular flexibility index (Phi) is 3.48. The van der Waals surface area contributed by atoms with Crippen LogP contribution >= 0.6 is 0 Å². The van der Waals surface area contributed by atoms with Crippen molar-refractivity contribution in [2.45, 2.75) is 18.4 Å². The highest BCUT2D eigenvalue weighted by atomic mass is 32.2. The van der Waals surface area contributed by atoms with Crippen molar-refractivity contribution >= 4 is 21.1 Å². The van der Waals surface area contributed by atoms with Gasteiger partial charge in [0, 0.05) is 6.54 Å². The summed E-state index contributed by atoms with van der Waals surface area (Å²) in [5.74, 6) is 0. The summed E-state index contributed by atoms with van der Waals surface area (Å²) in [7, 11) is -3.53. The highest BCUT2D eigenvalue weighted by molar-refractivity contribution is 7.89. The Hall–Kier alpha value is -2.18. The number of nitrogens with zero attached hydrogens (tertiary/aromatic N) is 1. The summed E-state index contributed by atoms with van der Waals surface area (Å²) >= 11 is 0. The molecule has 0 spiro atoms. The van der Waals surface area contributed by atoms with Crippen LogP contribution in [0.15, 0.2) is 58.2 Å². The van der Waals surface area contributed by atoms with E-state index in [4.69, 9.17) is 4.42 Å². The highest BCUT2D eigenvalue weighted by Gasteiger charge is 2.15. The number of oxazole rings is 1. The van der Waals surface area contributed by atoms with E-state index in [0.717, 1.165) is 16.6 Å². The Labute approximate surface area is 122 Å². The first-order valence-corrected chi connectivity index (χ1v) is 7.92. The molecule has 0 aliphatic heterocycles. The molecule has 0 atom stereocenters. The zero-order valence-electron chi connectivity index (χ0n) is 11.4. The van der Waals surface area contributed by atoms with Crippen LogP contribution in [0.2, 0.25) is 0 Å². The summed E-state index contributed by atoms with van der Waals surface area (Å²) in [6.07, 6.45) is 1.37. The molecule has 21 heavy (non-hydrogen) atoms. The number of hydrogen-bond donors (Lipinski definition) is 1. The van der Waals surface area contributed by atoms with Gasteiger partial charge >= 0.3 is 0 Å². The average Bonchev–Trinajstić information content (AvgIpc) is 2.93. The largest absolute Gasteiger partial charge is 0.443 e. The molecule has 0 amide bonds. The molecule has 5 nitrogen and oxygen atoms in total. The van der Waals surface area contributed by atoms with Gasteiger partial charge in [-0.25, -0.2) is 18.1 Å². The third kappa shape index (κ3) is 2.81. The third-order valence-corrected chi connectivity index (χ3v) is 4.81. The maximum absolute atomic E-state index is 12.3. The molecule has 1 N–H and O–H groups in total. The number of sulfonamides is 1. The van der Waals surface area contributed by atoms with Crippen LogP contribution in [-0.4, -0.2) is 13.4 Å². The molecule has 0 saturated carbocycles. The van der Waals surface area contributed by atoms with Gasteiger partial charge in [0.2, 0.25) is 10.0 Å². The van der Waals surface area contributed by atoms with E-state index in [-0.39, 0.29) is 6.54 Å². The topological polar surface area (TPSA) is 72.2 Å². The fourth-order valence-electron chi connectivity index (χ4n) is 2.12. The van der Waals surface area contributed by atoms with Crippen molar-refractivity contribution in [3.05, 3.63) is 60.0 Å². The SMILES string of the molecule is Cc1ccccc1S(=O)(=O)NCc1ccc2ncoc2c1. The summed E-state index contributed by atoms with van der Waals surface area (Å²) in [6, 6.07) is 12.3. The lowest BCUT2D eigenvalue weighted by atomic mass is 10.2. The minimum atomic E-state index is -3.53. The Morgan fingerprint density at radius 1 is 1.19 bits per heavy atom. The first-order valence-electron chi connectivity index (χ1n) is 6.44. The van der Waals surface area contributed by atoms with Gasteiger partial charge in [0.1, 0.15) is 5.52 Å². The molecule has 108 valence electrons. The number of aryl methyl sites for hydroxylation is 1. The standard InChI is InChI=1S/C15H14N2O3S/c1-11-4-2-3-5-15(11)21(18,19)17-9-12-6-7-13-14(8-12)20-10-16-13/h2-8,10,17H,9H2,1H3. The zero-order valence-corrected chi connectivity index (χ0v) is 12.2. The minimum Gasteiger partial charge on any atom is -0.443 e. The molecule has 0 saturated heterocycles. The lowest BCUT2D eigenvalue weighted by Crippen LogP contribution is -2.23. The molecule has 1 heterocycles. The van der Waals surface area contributed by atoms with Crippen LogP contribution in [0, 0.1) is 6.92 Å². The molecule has 0 unspecified atom stereocenters. The van der Waals surface area contributed by atoms with Gasteiger partial charge in [0.05, 0.1) is 4.90 Å². The Balaban J connectivity index is 1.81. The van der Waals surface area contributed by atoms with Crippen LogP contribution in [0.5, 0.6) is 0 Å². The molecule has 0 radical (unpaired) electrons. The van der Waals surface area contributed by atoms with E-state index in [2.05, 4.69) is 9.71 Å². The molecule has 3 aromatic rings. The summed E-state index contributed by atoms with van der Waals surface area (Å²) in [6.45, 7) is 1.97. The second-order valence-corrected chi connectivity index (χ2v) is 6.48. The van der Waals surface area contributed by atoms with Gasteiger partial charge in [0.15, 0.2) is 12.0 Å². The normalized spacial score (nSPS) is 11.9. The van der Waals surface area contributed by atoms with Crippen molar-refractivity contribution in [3.8, 4) is 0 Å². The van der Waals surface area contributed by atoms with Crippen LogP contribution in [0.25, 0.3) is 11.1 Å². The van der Waals surface area contributed by atoms with Gasteiger partial charge in [-0.2, -0.15) is 0 Å². The van der Waals surface area contributed by atoms with Gasteiger partial charge < -0.3 is 4.42 Å². The molecule has 1 aromatic heterocycles. The third-order valence-electron chi connectivity index (χ3n) is 3.25. The Morgan fingerprint density at radius 3 is 2.81 bits per heavy atom. The molecular formula is C15H14N2O3S. The van der Waals surface area contributed by atoms with Crippen molar-refractivity contribution in [2.75, 3.05) is 0 Å². The summed E-state index contributed by atoms with van der Waals surface area (Å²) < 4.78 is 32.4. The fraction of sp³-hybridized carbons (Fsp3) is 0.133. The van der Waals surface area contributed by atoms with Crippen molar-refractivity contribution in [2.24, 2.45) is 0 Å². The quantitative estimate of drug-likeness (QED) is 0.804. The monoisotopic (exact) mass is 302 g/mol. The van der Waals surface area contributed by atoms with Gasteiger partial charge in [-0.05, 0) is 36.2 Å². The van der Waals surface area contributed by atoms with E-state index < -0.39 is 10.0 Å². The number of hydrogen-bond acceptors (Lipinski definition) is 4. The van der Waals surface area contributed by atoms with Crippen molar-refractivity contribution in [1.82, 2.24) is 9.71 Å². The average molecular weight is 302 g/mol. The first kappa shape index (κ1) is 13.8. The fourth-order valence-corrected chi connectivity index (χ4v) is 3.39. The molecule has 0 aliphatic carbocycles. The smallest absolute Gasteiger partial charge is 0.241 e. The van der Waals surface area contributed by atoms with Gasteiger partial charge in [-0.15, -0.1) is 0 Å². The van der Waals surface area contributed by atoms with Crippen molar-refractivity contribution in [1.29, 1.82) is 0 Å². The van der Waals surface area contributed by atoms with Crippen molar-refractivity contribution < 1.29 is 12.8 Å². The molecule has 6 heteroatoms. The molecular weight excluding hydrogens is 288 g/mol. The summed E-state index contributed by atoms with van der Waals surface area (Å²) in [5.41, 5.74) is 2.93. The van der Waals surface area contributed by atoms with Crippen LogP contribution in [-0.2, 0) is 16.6 Å². The summed E-state index contributed by atoms with van der Waals surface area (Å²) in [5, 5.41) is 0. The molecule has 3 rings (SSSR count). The second-order valence-electron chi connectivity index (χ2n) is 4.74. The molecule has 2 aromatic carbocycles. The maximum atomic E-state index is 12.3. The molecule has 0 fully saturated rings. The first-order chi connectivity index (χ1) is 10.1. The van der Waals surface area contributed by atoms with E-state index in [1.165, 1.54) is 6.39 Å². The molecule has 0 bridgehead atoms. The van der Waals surface area contributed by atoms with Crippen LogP contribution < -0.4 is 4.72 Å². The lowest BCUT2D eigenvalue weighted by Gasteiger charge is -2.09. The van der Waals surface area contributed by atoms with Crippen LogP contribution in [0.3, 0.4) is 0 Å². The lowest BCUT2D eigenvalue weighted by molar-refractivity contribution is 0.580. The highest BCUT2D eigenvalue weighted by Crippen LogP contribution is 2.16. The van der Waals surface area contributed by atoms with E-state index in [9.17, 15) is 8.42 Å².